The van der Waals surface area contributed by atoms with Gasteiger partial charge in [-0.1, -0.05) is 38.7 Å². The summed E-state index contributed by atoms with van der Waals surface area (Å²) in [6.07, 6.45) is 14.9. The summed E-state index contributed by atoms with van der Waals surface area (Å²) >= 11 is 0. The fourth-order valence-corrected chi connectivity index (χ4v) is 3.53. The molecule has 27 heavy (non-hydrogen) atoms. The first-order chi connectivity index (χ1) is 13.1. The predicted octanol–water partition coefficient (Wildman–Crippen LogP) is 5.00. The van der Waals surface area contributed by atoms with Crippen LogP contribution in [-0.2, 0) is 6.42 Å². The zero-order valence-corrected chi connectivity index (χ0v) is 16.1. The molecule has 6 nitrogen and oxygen atoms in total. The number of allylic oxidation sites excluding steroid dienone is 2. The van der Waals surface area contributed by atoms with Gasteiger partial charge in [-0.2, -0.15) is 0 Å². The summed E-state index contributed by atoms with van der Waals surface area (Å²) in [5.41, 5.74) is 3.85. The molecule has 1 aromatic carbocycles. The lowest BCUT2D eigenvalue weighted by molar-refractivity contribution is -0.742. The first kappa shape index (κ1) is 20.9. The molecule has 0 radical (unpaired) electrons. The Morgan fingerprint density at radius 2 is 2.07 bits per heavy atom. The second-order valence-corrected chi connectivity index (χ2v) is 7.03. The lowest BCUT2D eigenvalue weighted by atomic mass is 9.88. The number of fused-ring (bicyclic) bond motifs is 1. The van der Waals surface area contributed by atoms with Crippen molar-refractivity contribution in [3.63, 3.8) is 0 Å². The second-order valence-electron chi connectivity index (χ2n) is 7.03. The molecule has 0 saturated heterocycles. The van der Waals surface area contributed by atoms with E-state index in [0.29, 0.717) is 0 Å². The monoisotopic (exact) mass is 374 g/mol. The number of hydrogen-bond donors (Lipinski definition) is 1. The van der Waals surface area contributed by atoms with Gasteiger partial charge in [0.15, 0.2) is 0 Å². The lowest BCUT2D eigenvalue weighted by Crippen LogP contribution is -2.12. The Balaban J connectivity index is 0.000000596. The molecule has 0 spiro atoms. The summed E-state index contributed by atoms with van der Waals surface area (Å²) in [5, 5.41) is 13.6. The number of ether oxygens (including phenoxy) is 1. The molecule has 1 aliphatic heterocycles. The summed E-state index contributed by atoms with van der Waals surface area (Å²) in [4.78, 5) is 13.1. The predicted molar refractivity (Wildman–Crippen MR) is 106 cm³/mol. The van der Waals surface area contributed by atoms with E-state index in [9.17, 15) is 0 Å². The maximum Gasteiger partial charge on any atom is 0.291 e. The molecule has 1 N–H and O–H groups in total. The third-order valence-electron chi connectivity index (χ3n) is 4.96. The Morgan fingerprint density at radius 3 is 2.78 bits per heavy atom. The third kappa shape index (κ3) is 7.41. The van der Waals surface area contributed by atoms with Crippen molar-refractivity contribution < 1.29 is 15.0 Å². The zero-order valence-electron chi connectivity index (χ0n) is 16.1. The second kappa shape index (κ2) is 11.4. The van der Waals surface area contributed by atoms with Gasteiger partial charge in [-0.3, -0.25) is 4.99 Å². The van der Waals surface area contributed by atoms with E-state index in [1.165, 1.54) is 49.7 Å². The highest BCUT2D eigenvalue weighted by Crippen LogP contribution is 2.26. The van der Waals surface area contributed by atoms with Gasteiger partial charge in [-0.25, -0.2) is 0 Å². The maximum atomic E-state index is 8.36. The van der Waals surface area contributed by atoms with E-state index in [0.717, 1.165) is 43.4 Å². The largest absolute Gasteiger partial charge is 0.494 e. The number of aliphatic imine (C=N–C) groups is 1. The topological polar surface area (TPSA) is 85.0 Å². The zero-order chi connectivity index (χ0) is 19.5. The minimum Gasteiger partial charge on any atom is -0.494 e. The van der Waals surface area contributed by atoms with Crippen molar-refractivity contribution in [2.24, 2.45) is 10.9 Å². The normalized spacial score (nSPS) is 16.9. The van der Waals surface area contributed by atoms with Crippen LogP contribution >= 0.6 is 0 Å². The molecular formula is C21H30N2O4. The molecule has 1 heterocycles. The minimum atomic E-state index is -1.50. The molecule has 1 fully saturated rings. The third-order valence-corrected chi connectivity index (χ3v) is 4.96. The van der Waals surface area contributed by atoms with E-state index in [4.69, 9.17) is 25.1 Å². The fourth-order valence-electron chi connectivity index (χ4n) is 3.53. The maximum absolute atomic E-state index is 8.36. The number of rotatable bonds is 6. The van der Waals surface area contributed by atoms with E-state index in [-0.39, 0.29) is 0 Å². The van der Waals surface area contributed by atoms with Crippen LogP contribution < -0.4 is 4.74 Å². The molecule has 0 bridgehead atoms. The van der Waals surface area contributed by atoms with Crippen molar-refractivity contribution in [1.82, 2.24) is 0 Å². The SMILES string of the molecule is CCCCOc1ccc2c(c1)CCN=C2C=CC1CCCCC1.O=[N+]([O-])O. The van der Waals surface area contributed by atoms with Crippen LogP contribution in [0.25, 0.3) is 0 Å². The van der Waals surface area contributed by atoms with E-state index < -0.39 is 5.09 Å². The molecule has 0 unspecified atom stereocenters. The standard InChI is InChI=1S/C21H29NO.HNO3/c1-2-3-15-23-19-10-11-20-18(16-19)13-14-22-21(20)12-9-17-7-5-4-6-8-17;2-1(3)4/h9-12,16-17H,2-8,13-15H2,1H3;(H,2,3,4). The van der Waals surface area contributed by atoms with Gasteiger partial charge in [0.25, 0.3) is 5.09 Å². The molecule has 2 aliphatic rings. The number of unbranched alkanes of at least 4 members (excludes halogenated alkanes) is 1. The number of hydrogen-bond acceptors (Lipinski definition) is 4. The van der Waals surface area contributed by atoms with Gasteiger partial charge in [0.1, 0.15) is 5.75 Å². The van der Waals surface area contributed by atoms with Crippen molar-refractivity contribution in [3.05, 3.63) is 51.6 Å². The Hall–Kier alpha value is -2.37. The van der Waals surface area contributed by atoms with Crippen LogP contribution in [0.3, 0.4) is 0 Å². The van der Waals surface area contributed by atoms with Crippen molar-refractivity contribution >= 4 is 5.71 Å². The summed E-state index contributed by atoms with van der Waals surface area (Å²) in [6.45, 7) is 3.91. The highest BCUT2D eigenvalue weighted by atomic mass is 16.9. The van der Waals surface area contributed by atoms with E-state index in [1.807, 2.05) is 0 Å². The molecule has 0 atom stereocenters. The Morgan fingerprint density at radius 1 is 1.33 bits per heavy atom. The van der Waals surface area contributed by atoms with E-state index >= 15 is 0 Å². The number of nitrogens with zero attached hydrogens (tertiary/aromatic N) is 2. The molecule has 1 aliphatic carbocycles. The smallest absolute Gasteiger partial charge is 0.291 e. The van der Waals surface area contributed by atoms with Gasteiger partial charge in [0.2, 0.25) is 0 Å². The summed E-state index contributed by atoms with van der Waals surface area (Å²) in [7, 11) is 0. The molecule has 3 rings (SSSR count). The van der Waals surface area contributed by atoms with Gasteiger partial charge in [-0.05, 0) is 61.4 Å². The van der Waals surface area contributed by atoms with Gasteiger partial charge >= 0.3 is 0 Å². The summed E-state index contributed by atoms with van der Waals surface area (Å²) < 4.78 is 5.84. The Kier molecular flexibility index (Phi) is 8.81. The number of benzene rings is 1. The Labute approximate surface area is 161 Å². The van der Waals surface area contributed by atoms with Crippen LogP contribution in [0.2, 0.25) is 0 Å². The van der Waals surface area contributed by atoms with Crippen molar-refractivity contribution in [3.8, 4) is 5.75 Å². The van der Waals surface area contributed by atoms with Crippen LogP contribution in [0.1, 0.15) is 63.0 Å². The summed E-state index contributed by atoms with van der Waals surface area (Å²) in [5.74, 6) is 1.77. The molecule has 1 saturated carbocycles. The Bertz CT molecular complexity index is 660. The van der Waals surface area contributed by atoms with Crippen LogP contribution in [-0.4, -0.2) is 29.2 Å². The minimum absolute atomic E-state index is 0.758. The van der Waals surface area contributed by atoms with Crippen LogP contribution in [0.15, 0.2) is 35.3 Å². The average Bonchev–Trinajstić information content (AvgIpc) is 2.67. The molecule has 0 amide bonds. The van der Waals surface area contributed by atoms with Crippen LogP contribution in [0.5, 0.6) is 5.75 Å². The summed E-state index contributed by atoms with van der Waals surface area (Å²) in [6, 6.07) is 6.51. The van der Waals surface area contributed by atoms with Gasteiger partial charge < -0.3 is 9.94 Å². The van der Waals surface area contributed by atoms with Crippen molar-refractivity contribution in [2.75, 3.05) is 13.2 Å². The van der Waals surface area contributed by atoms with Crippen LogP contribution in [0.4, 0.5) is 0 Å². The van der Waals surface area contributed by atoms with Crippen molar-refractivity contribution in [2.45, 2.75) is 58.3 Å². The van der Waals surface area contributed by atoms with E-state index in [1.54, 1.807) is 0 Å². The van der Waals surface area contributed by atoms with Gasteiger partial charge in [-0.15, -0.1) is 10.1 Å². The first-order valence-corrected chi connectivity index (χ1v) is 9.92. The fraction of sp³-hybridized carbons (Fsp3) is 0.571. The lowest BCUT2D eigenvalue weighted by Gasteiger charge is -2.19. The average molecular weight is 374 g/mol. The molecule has 1 aromatic rings. The molecule has 6 heteroatoms. The molecule has 0 aromatic heterocycles. The highest BCUT2D eigenvalue weighted by Gasteiger charge is 2.15. The highest BCUT2D eigenvalue weighted by molar-refractivity contribution is 6.10. The first-order valence-electron chi connectivity index (χ1n) is 9.92. The van der Waals surface area contributed by atoms with Crippen molar-refractivity contribution in [1.29, 1.82) is 0 Å². The molecular weight excluding hydrogens is 344 g/mol. The quantitative estimate of drug-likeness (QED) is 0.431. The van der Waals surface area contributed by atoms with Gasteiger partial charge in [0, 0.05) is 12.1 Å². The van der Waals surface area contributed by atoms with Crippen LogP contribution in [0, 0.1) is 16.0 Å². The van der Waals surface area contributed by atoms with E-state index in [2.05, 4.69) is 37.3 Å². The molecule has 148 valence electrons. The van der Waals surface area contributed by atoms with Gasteiger partial charge in [0.05, 0.1) is 12.3 Å².